The molecule has 2 aliphatic heterocycles. The van der Waals surface area contributed by atoms with Crippen LogP contribution in [0.1, 0.15) is 12.1 Å². The quantitative estimate of drug-likeness (QED) is 0.482. The highest BCUT2D eigenvalue weighted by Gasteiger charge is 2.27. The second-order valence-electron chi connectivity index (χ2n) is 8.77. The van der Waals surface area contributed by atoms with E-state index in [0.717, 1.165) is 12.1 Å². The van der Waals surface area contributed by atoms with Gasteiger partial charge in [-0.05, 0) is 37.2 Å². The molecule has 184 valence electrons. The number of benzene rings is 1. The Labute approximate surface area is 199 Å². The van der Waals surface area contributed by atoms with Crippen molar-refractivity contribution in [3.8, 4) is 5.75 Å². The van der Waals surface area contributed by atoms with Crippen molar-refractivity contribution < 1.29 is 23.4 Å². The van der Waals surface area contributed by atoms with Crippen molar-refractivity contribution in [3.05, 3.63) is 64.1 Å². The average Bonchev–Trinajstić information content (AvgIpc) is 2.82. The normalized spacial score (nSPS) is 20.4. The molecule has 1 fully saturated rings. The van der Waals surface area contributed by atoms with Crippen molar-refractivity contribution in [3.63, 3.8) is 0 Å². The van der Waals surface area contributed by atoms with Gasteiger partial charge < -0.3 is 25.0 Å². The van der Waals surface area contributed by atoms with Crippen LogP contribution in [0.25, 0.3) is 10.9 Å². The lowest BCUT2D eigenvalue weighted by Gasteiger charge is -2.36. The minimum Gasteiger partial charge on any atom is -0.480 e. The zero-order valence-corrected chi connectivity index (χ0v) is 18.8. The van der Waals surface area contributed by atoms with Crippen LogP contribution in [-0.2, 0) is 17.9 Å². The van der Waals surface area contributed by atoms with Crippen LogP contribution in [-0.4, -0.2) is 63.9 Å². The molecule has 2 atom stereocenters. The smallest absolute Gasteiger partial charge is 0.263 e. The molecule has 1 saturated heterocycles. The Morgan fingerprint density at radius 3 is 2.86 bits per heavy atom. The molecule has 0 bridgehead atoms. The molecule has 9 nitrogen and oxygen atoms in total. The third kappa shape index (κ3) is 5.02. The third-order valence-corrected chi connectivity index (χ3v) is 6.41. The van der Waals surface area contributed by atoms with Crippen molar-refractivity contribution in [2.24, 2.45) is 0 Å². The van der Waals surface area contributed by atoms with E-state index < -0.39 is 17.7 Å². The molecule has 3 aromatic rings. The van der Waals surface area contributed by atoms with Gasteiger partial charge in [-0.15, -0.1) is 0 Å². The molecule has 2 aromatic heterocycles. The molecule has 35 heavy (non-hydrogen) atoms. The summed E-state index contributed by atoms with van der Waals surface area (Å²) in [5.74, 6) is -0.782. The first-order valence-corrected chi connectivity index (χ1v) is 11.4. The maximum Gasteiger partial charge on any atom is 0.263 e. The van der Waals surface area contributed by atoms with Gasteiger partial charge in [0.25, 0.3) is 11.5 Å². The van der Waals surface area contributed by atoms with Crippen molar-refractivity contribution in [1.82, 2.24) is 19.8 Å². The number of aliphatic hydroxyl groups excluding tert-OH is 1. The van der Waals surface area contributed by atoms with Gasteiger partial charge in [0.05, 0.1) is 17.3 Å². The third-order valence-electron chi connectivity index (χ3n) is 6.41. The molecule has 0 saturated carbocycles. The van der Waals surface area contributed by atoms with Crippen molar-refractivity contribution in [2.75, 3.05) is 31.6 Å². The fraction of sp³-hybridized carbons (Fsp3) is 0.375. The highest BCUT2D eigenvalue weighted by molar-refractivity contribution is 5.94. The first kappa shape index (κ1) is 23.3. The second-order valence-corrected chi connectivity index (χ2v) is 8.77. The Balaban J connectivity index is 1.18. The van der Waals surface area contributed by atoms with Gasteiger partial charge in [-0.1, -0.05) is 0 Å². The van der Waals surface area contributed by atoms with Gasteiger partial charge in [-0.2, -0.15) is 0 Å². The Bertz CT molecular complexity index is 1330. The number of fused-ring (bicyclic) bond motifs is 2. The number of aromatic nitrogens is 2. The van der Waals surface area contributed by atoms with Gasteiger partial charge in [0.2, 0.25) is 0 Å². The van der Waals surface area contributed by atoms with Gasteiger partial charge in [0.15, 0.2) is 18.2 Å². The number of anilines is 1. The molecule has 5 rings (SSSR count). The van der Waals surface area contributed by atoms with Crippen LogP contribution in [0.4, 0.5) is 14.6 Å². The summed E-state index contributed by atoms with van der Waals surface area (Å²) in [7, 11) is 0. The topological polar surface area (TPSA) is 109 Å². The van der Waals surface area contributed by atoms with Crippen LogP contribution in [0.2, 0.25) is 0 Å². The Morgan fingerprint density at radius 2 is 2.03 bits per heavy atom. The van der Waals surface area contributed by atoms with E-state index in [1.165, 1.54) is 16.7 Å². The van der Waals surface area contributed by atoms with E-state index in [-0.39, 0.29) is 41.6 Å². The number of nitrogens with zero attached hydrogens (tertiary/aromatic N) is 3. The number of amides is 1. The van der Waals surface area contributed by atoms with E-state index in [1.54, 1.807) is 12.1 Å². The number of carbonyl (C=O) groups is 1. The summed E-state index contributed by atoms with van der Waals surface area (Å²) in [6.45, 7) is 2.15. The van der Waals surface area contributed by atoms with Crippen LogP contribution in [0.3, 0.4) is 0 Å². The molecule has 2 unspecified atom stereocenters. The van der Waals surface area contributed by atoms with Gasteiger partial charge in [-0.3, -0.25) is 14.5 Å². The molecule has 4 heterocycles. The number of rotatable bonds is 6. The largest absolute Gasteiger partial charge is 0.480 e. The van der Waals surface area contributed by atoms with Gasteiger partial charge in [-0.25, -0.2) is 13.8 Å². The minimum absolute atomic E-state index is 0.0278. The summed E-state index contributed by atoms with van der Waals surface area (Å²) in [6, 6.07) is 8.01. The predicted molar refractivity (Wildman–Crippen MR) is 124 cm³/mol. The van der Waals surface area contributed by atoms with Crippen LogP contribution in [0.15, 0.2) is 41.2 Å². The summed E-state index contributed by atoms with van der Waals surface area (Å²) >= 11 is 0. The monoisotopic (exact) mass is 485 g/mol. The van der Waals surface area contributed by atoms with Crippen molar-refractivity contribution in [2.45, 2.75) is 31.7 Å². The molecule has 3 N–H and O–H groups in total. The number of β-amino-alcohol motifs (C(OH)–C–C–N with tert-alkyl or cyclic N) is 1. The summed E-state index contributed by atoms with van der Waals surface area (Å²) < 4.78 is 34.5. The number of pyridine rings is 2. The Hall–Kier alpha value is -3.41. The number of halogens is 2. The number of aliphatic hydroxyl groups is 1. The number of ether oxygens (including phenoxy) is 1. The van der Waals surface area contributed by atoms with E-state index in [2.05, 4.69) is 15.6 Å². The SMILES string of the molecule is O=C1COc2ccc(CNC3CCN(CCn4c(=O)ccc5c(F)cc(F)cc54)CC3O)nc2N1. The maximum absolute atomic E-state index is 14.1. The molecule has 1 aromatic carbocycles. The predicted octanol–water partition coefficient (Wildman–Crippen LogP) is 1.23. The van der Waals surface area contributed by atoms with Crippen LogP contribution < -0.4 is 20.9 Å². The Morgan fingerprint density at radius 1 is 1.17 bits per heavy atom. The van der Waals surface area contributed by atoms with Gasteiger partial charge >= 0.3 is 0 Å². The lowest BCUT2D eigenvalue weighted by Crippen LogP contribution is -2.53. The number of hydrogen-bond donors (Lipinski definition) is 3. The number of piperidine rings is 1. The number of hydrogen-bond acceptors (Lipinski definition) is 7. The van der Waals surface area contributed by atoms with E-state index in [4.69, 9.17) is 4.74 Å². The average molecular weight is 485 g/mol. The highest BCUT2D eigenvalue weighted by Crippen LogP contribution is 2.25. The zero-order valence-electron chi connectivity index (χ0n) is 18.8. The van der Waals surface area contributed by atoms with Crippen LogP contribution in [0, 0.1) is 11.6 Å². The molecule has 2 aliphatic rings. The van der Waals surface area contributed by atoms with Gasteiger partial charge in [0, 0.05) is 49.7 Å². The van der Waals surface area contributed by atoms with Crippen molar-refractivity contribution >= 4 is 22.6 Å². The standard InChI is InChI=1S/C24H25F2N5O4/c25-14-9-17(26)16-2-4-23(34)31(19(16)10-14)8-7-30-6-5-18(20(32)12-30)27-11-15-1-3-21-24(28-15)29-22(33)13-35-21/h1-4,9-10,18,20,27,32H,5-8,11-13H2,(H,28,29,33). The molecular weight excluding hydrogens is 460 g/mol. The summed E-state index contributed by atoms with van der Waals surface area (Å²) in [5, 5.41) is 16.9. The molecular formula is C24H25F2N5O4. The summed E-state index contributed by atoms with van der Waals surface area (Å²) in [6.07, 6.45) is 0.0168. The van der Waals surface area contributed by atoms with Crippen molar-refractivity contribution in [1.29, 1.82) is 0 Å². The minimum atomic E-state index is -0.736. The fourth-order valence-electron chi connectivity index (χ4n) is 4.57. The molecule has 11 heteroatoms. The lowest BCUT2D eigenvalue weighted by molar-refractivity contribution is -0.118. The van der Waals surface area contributed by atoms with E-state index in [9.17, 15) is 23.5 Å². The van der Waals surface area contributed by atoms with E-state index >= 15 is 0 Å². The first-order valence-electron chi connectivity index (χ1n) is 11.4. The second kappa shape index (κ2) is 9.68. The number of nitrogens with one attached hydrogen (secondary N) is 2. The van der Waals surface area contributed by atoms with E-state index in [1.807, 2.05) is 4.90 Å². The molecule has 0 spiro atoms. The highest BCUT2D eigenvalue weighted by atomic mass is 19.1. The molecule has 0 radical (unpaired) electrons. The zero-order chi connectivity index (χ0) is 24.5. The Kier molecular flexibility index (Phi) is 6.46. The van der Waals surface area contributed by atoms with Crippen LogP contribution in [0.5, 0.6) is 5.75 Å². The molecule has 0 aliphatic carbocycles. The van der Waals surface area contributed by atoms with E-state index in [0.29, 0.717) is 49.9 Å². The van der Waals surface area contributed by atoms with Crippen LogP contribution >= 0.6 is 0 Å². The van der Waals surface area contributed by atoms with Gasteiger partial charge in [0.1, 0.15) is 11.6 Å². The lowest BCUT2D eigenvalue weighted by atomic mass is 10.0. The summed E-state index contributed by atoms with van der Waals surface area (Å²) in [5.41, 5.74) is 0.587. The summed E-state index contributed by atoms with van der Waals surface area (Å²) in [4.78, 5) is 30.3. The first-order chi connectivity index (χ1) is 16.9. The maximum atomic E-state index is 14.1. The number of likely N-dealkylation sites (tertiary alicyclic amines) is 1. The molecule has 1 amide bonds. The fourth-order valence-corrected chi connectivity index (χ4v) is 4.57. The number of carbonyl (C=O) groups excluding carboxylic acids is 1.